The summed E-state index contributed by atoms with van der Waals surface area (Å²) in [5.41, 5.74) is 0.538. The summed E-state index contributed by atoms with van der Waals surface area (Å²) < 4.78 is 46.4. The molecule has 41 heavy (non-hydrogen) atoms. The Balaban J connectivity index is 1.37. The predicted molar refractivity (Wildman–Crippen MR) is 148 cm³/mol. The van der Waals surface area contributed by atoms with E-state index in [-0.39, 0.29) is 11.6 Å². The minimum Gasteiger partial charge on any atom is -0.493 e. The fourth-order valence-corrected chi connectivity index (χ4v) is 4.57. The van der Waals surface area contributed by atoms with Gasteiger partial charge in [-0.1, -0.05) is 12.1 Å². The molecule has 1 fully saturated rings. The van der Waals surface area contributed by atoms with Gasteiger partial charge in [-0.25, -0.2) is 18.7 Å². The van der Waals surface area contributed by atoms with Gasteiger partial charge in [0.2, 0.25) is 5.88 Å². The fraction of sp³-hybridized carbons (Fsp3) is 0.241. The molecule has 0 saturated carbocycles. The van der Waals surface area contributed by atoms with E-state index < -0.39 is 28.9 Å². The van der Waals surface area contributed by atoms with E-state index >= 15 is 8.78 Å². The molecule has 10 nitrogen and oxygen atoms in total. The number of hydrogen-bond donors (Lipinski definition) is 1. The average molecular weight is 564 g/mol. The number of rotatable bonds is 8. The zero-order valence-electron chi connectivity index (χ0n) is 22.6. The Morgan fingerprint density at radius 2 is 1.56 bits per heavy atom. The van der Waals surface area contributed by atoms with Crippen LogP contribution in [0.4, 0.5) is 20.2 Å². The van der Waals surface area contributed by atoms with Crippen molar-refractivity contribution in [2.75, 3.05) is 57.7 Å². The van der Waals surface area contributed by atoms with Crippen molar-refractivity contribution in [2.45, 2.75) is 0 Å². The highest BCUT2D eigenvalue weighted by Crippen LogP contribution is 2.36. The van der Waals surface area contributed by atoms with E-state index in [9.17, 15) is 9.59 Å². The number of carbonyl (C=O) groups is 2. The van der Waals surface area contributed by atoms with Gasteiger partial charge in [-0.3, -0.25) is 9.59 Å². The number of aromatic nitrogens is 2. The first-order chi connectivity index (χ1) is 19.8. The fourth-order valence-electron chi connectivity index (χ4n) is 4.57. The SMILES string of the molecule is COc1cc2ncnc(Oc3cc(F)c(C(=O)C(=O)Nc4ccccc4N4CCN(C)CC4)c(F)c3)c2cc1OC. The first-order valence-corrected chi connectivity index (χ1v) is 12.7. The second-order valence-electron chi connectivity index (χ2n) is 9.36. The number of para-hydroxylation sites is 2. The second-order valence-corrected chi connectivity index (χ2v) is 9.36. The highest BCUT2D eigenvalue weighted by molar-refractivity contribution is 6.46. The van der Waals surface area contributed by atoms with Crippen molar-refractivity contribution in [3.05, 3.63) is 72.1 Å². The maximum atomic E-state index is 15.1. The van der Waals surface area contributed by atoms with Crippen LogP contribution in [0.2, 0.25) is 0 Å². The van der Waals surface area contributed by atoms with Crippen LogP contribution in [0.3, 0.4) is 0 Å². The molecule has 5 rings (SSSR count). The quantitative estimate of drug-likeness (QED) is 0.248. The van der Waals surface area contributed by atoms with Crippen molar-refractivity contribution >= 4 is 34.0 Å². The van der Waals surface area contributed by atoms with Crippen LogP contribution in [-0.2, 0) is 4.79 Å². The van der Waals surface area contributed by atoms with Gasteiger partial charge in [0.1, 0.15) is 23.7 Å². The molecular formula is C29H27F2N5O5. The van der Waals surface area contributed by atoms with Crippen LogP contribution in [0, 0.1) is 11.6 Å². The maximum Gasteiger partial charge on any atom is 0.297 e. The highest BCUT2D eigenvalue weighted by Gasteiger charge is 2.27. The van der Waals surface area contributed by atoms with Crippen molar-refractivity contribution < 1.29 is 32.6 Å². The Morgan fingerprint density at radius 1 is 0.902 bits per heavy atom. The summed E-state index contributed by atoms with van der Waals surface area (Å²) in [6.45, 7) is 3.12. The number of anilines is 2. The van der Waals surface area contributed by atoms with Crippen LogP contribution in [0.25, 0.3) is 10.9 Å². The van der Waals surface area contributed by atoms with Gasteiger partial charge in [0.05, 0.1) is 42.1 Å². The van der Waals surface area contributed by atoms with E-state index in [2.05, 4.69) is 25.1 Å². The van der Waals surface area contributed by atoms with Gasteiger partial charge in [0.15, 0.2) is 11.5 Å². The normalized spacial score (nSPS) is 13.6. The Labute approximate surface area is 234 Å². The Kier molecular flexibility index (Phi) is 7.92. The number of nitrogens with zero attached hydrogens (tertiary/aromatic N) is 4. The molecule has 1 aromatic heterocycles. The van der Waals surface area contributed by atoms with Gasteiger partial charge < -0.3 is 29.3 Å². The van der Waals surface area contributed by atoms with Crippen LogP contribution < -0.4 is 24.4 Å². The van der Waals surface area contributed by atoms with Crippen LogP contribution in [0.5, 0.6) is 23.1 Å². The van der Waals surface area contributed by atoms with Crippen LogP contribution in [0.15, 0.2) is 54.9 Å². The molecule has 0 spiro atoms. The standard InChI is InChI=1S/C29H27F2N5O5/c1-35-8-10-36(11-9-35)23-7-5-4-6-21(23)34-28(38)27(37)26-19(30)12-17(13-20(26)31)41-29-18-14-24(39-2)25(40-3)15-22(18)32-16-33-29/h4-7,12-16H,8-11H2,1-3H3,(H,34,38). The molecule has 4 aromatic rings. The molecule has 1 aliphatic heterocycles. The number of halogens is 2. The first kappa shape index (κ1) is 27.7. The summed E-state index contributed by atoms with van der Waals surface area (Å²) in [7, 11) is 4.95. The number of methoxy groups -OCH3 is 2. The lowest BCUT2D eigenvalue weighted by Gasteiger charge is -2.35. The van der Waals surface area contributed by atoms with E-state index in [1.807, 2.05) is 19.2 Å². The summed E-state index contributed by atoms with van der Waals surface area (Å²) >= 11 is 0. The lowest BCUT2D eigenvalue weighted by molar-refractivity contribution is -0.112. The van der Waals surface area contributed by atoms with Gasteiger partial charge in [-0.15, -0.1) is 0 Å². The third-order valence-corrected chi connectivity index (χ3v) is 6.76. The molecule has 1 N–H and O–H groups in total. The van der Waals surface area contributed by atoms with E-state index in [1.165, 1.54) is 20.5 Å². The first-order valence-electron chi connectivity index (χ1n) is 12.7. The lowest BCUT2D eigenvalue weighted by Crippen LogP contribution is -2.44. The van der Waals surface area contributed by atoms with Crippen LogP contribution in [0.1, 0.15) is 10.4 Å². The molecule has 0 bridgehead atoms. The molecule has 212 valence electrons. The number of ether oxygens (including phenoxy) is 3. The molecular weight excluding hydrogens is 536 g/mol. The van der Waals surface area contributed by atoms with Gasteiger partial charge >= 0.3 is 0 Å². The van der Waals surface area contributed by atoms with Crippen molar-refractivity contribution in [2.24, 2.45) is 0 Å². The molecule has 0 radical (unpaired) electrons. The summed E-state index contributed by atoms with van der Waals surface area (Å²) in [5, 5.41) is 2.91. The molecule has 0 aliphatic carbocycles. The number of piperazine rings is 1. The Morgan fingerprint density at radius 3 is 2.24 bits per heavy atom. The molecule has 1 aliphatic rings. The lowest BCUT2D eigenvalue weighted by atomic mass is 10.1. The van der Waals surface area contributed by atoms with Crippen molar-refractivity contribution in [1.29, 1.82) is 0 Å². The molecule has 1 saturated heterocycles. The van der Waals surface area contributed by atoms with E-state index in [0.717, 1.165) is 44.0 Å². The van der Waals surface area contributed by atoms with Gasteiger partial charge in [-0.2, -0.15) is 0 Å². The monoisotopic (exact) mass is 563 g/mol. The molecule has 0 unspecified atom stereocenters. The second kappa shape index (κ2) is 11.7. The number of fused-ring (bicyclic) bond motifs is 1. The highest BCUT2D eigenvalue weighted by atomic mass is 19.1. The third kappa shape index (κ3) is 5.73. The number of Topliss-reactive ketones (excluding diaryl/α,β-unsaturated/α-hetero) is 1. The topological polar surface area (TPSA) is 106 Å². The average Bonchev–Trinajstić information content (AvgIpc) is 2.97. The van der Waals surface area contributed by atoms with Crippen LogP contribution >= 0.6 is 0 Å². The molecule has 3 aromatic carbocycles. The number of benzene rings is 3. The smallest absolute Gasteiger partial charge is 0.297 e. The minimum absolute atomic E-state index is 0.00733. The zero-order chi connectivity index (χ0) is 29.1. The number of carbonyl (C=O) groups excluding carboxylic acids is 2. The van der Waals surface area contributed by atoms with E-state index in [4.69, 9.17) is 14.2 Å². The molecule has 0 atom stereocenters. The number of amides is 1. The number of hydrogen-bond acceptors (Lipinski definition) is 9. The van der Waals surface area contributed by atoms with Gasteiger partial charge in [0.25, 0.3) is 11.7 Å². The van der Waals surface area contributed by atoms with Crippen molar-refractivity contribution in [1.82, 2.24) is 14.9 Å². The number of nitrogens with one attached hydrogen (secondary N) is 1. The molecule has 2 heterocycles. The molecule has 12 heteroatoms. The summed E-state index contributed by atoms with van der Waals surface area (Å²) in [6, 6.07) is 11.8. The van der Waals surface area contributed by atoms with Crippen LogP contribution in [-0.4, -0.2) is 74.0 Å². The number of likely N-dealkylation sites (N-methyl/N-ethyl adjacent to an activating group) is 1. The predicted octanol–water partition coefficient (Wildman–Crippen LogP) is 4.29. The maximum absolute atomic E-state index is 15.1. The molecule has 1 amide bonds. The summed E-state index contributed by atoms with van der Waals surface area (Å²) in [4.78, 5) is 38.2. The van der Waals surface area contributed by atoms with E-state index in [1.54, 1.807) is 24.3 Å². The summed E-state index contributed by atoms with van der Waals surface area (Å²) in [5.74, 6) is -4.52. The minimum atomic E-state index is -1.36. The van der Waals surface area contributed by atoms with Gasteiger partial charge in [0, 0.05) is 44.4 Å². The Bertz CT molecular complexity index is 1600. The Hall–Kier alpha value is -4.84. The third-order valence-electron chi connectivity index (χ3n) is 6.76. The largest absolute Gasteiger partial charge is 0.493 e. The van der Waals surface area contributed by atoms with Crippen molar-refractivity contribution in [3.8, 4) is 23.1 Å². The zero-order valence-corrected chi connectivity index (χ0v) is 22.6. The van der Waals surface area contributed by atoms with E-state index in [0.29, 0.717) is 28.1 Å². The van der Waals surface area contributed by atoms with Crippen molar-refractivity contribution in [3.63, 3.8) is 0 Å². The van der Waals surface area contributed by atoms with Gasteiger partial charge in [-0.05, 0) is 25.2 Å². The number of ketones is 1. The summed E-state index contributed by atoms with van der Waals surface area (Å²) in [6.07, 6.45) is 1.22.